The zero-order valence-corrected chi connectivity index (χ0v) is 10.6. The first-order valence-electron chi connectivity index (χ1n) is 5.66. The Kier molecular flexibility index (Phi) is 3.43. The molecular formula is C13H15F2N3. The maximum atomic E-state index is 13.3. The molecule has 0 bridgehead atoms. The van der Waals surface area contributed by atoms with Crippen LogP contribution in [0.25, 0.3) is 11.3 Å². The van der Waals surface area contributed by atoms with E-state index in [1.807, 2.05) is 25.6 Å². The van der Waals surface area contributed by atoms with Gasteiger partial charge in [-0.1, -0.05) is 0 Å². The van der Waals surface area contributed by atoms with Gasteiger partial charge in [0.05, 0.1) is 17.9 Å². The topological polar surface area (TPSA) is 29.9 Å². The van der Waals surface area contributed by atoms with Crippen LogP contribution in [0.15, 0.2) is 18.2 Å². The third kappa shape index (κ3) is 2.13. The Morgan fingerprint density at radius 3 is 2.61 bits per heavy atom. The summed E-state index contributed by atoms with van der Waals surface area (Å²) in [6.07, 6.45) is 0. The lowest BCUT2D eigenvalue weighted by Crippen LogP contribution is -2.10. The largest absolute Gasteiger partial charge is 0.330 e. The van der Waals surface area contributed by atoms with Crippen LogP contribution in [-0.4, -0.2) is 16.6 Å². The zero-order chi connectivity index (χ0) is 13.3. The Morgan fingerprint density at radius 1 is 1.28 bits per heavy atom. The molecule has 18 heavy (non-hydrogen) atoms. The molecule has 0 radical (unpaired) electrons. The molecule has 0 saturated carbocycles. The lowest BCUT2D eigenvalue weighted by atomic mass is 10.1. The summed E-state index contributed by atoms with van der Waals surface area (Å²) < 4.78 is 28.1. The van der Waals surface area contributed by atoms with E-state index < -0.39 is 11.6 Å². The van der Waals surface area contributed by atoms with E-state index in [0.717, 1.165) is 23.3 Å². The summed E-state index contributed by atoms with van der Waals surface area (Å²) in [5.74, 6) is -0.827. The van der Waals surface area contributed by atoms with Gasteiger partial charge in [-0.2, -0.15) is 0 Å². The molecule has 3 nitrogen and oxygen atoms in total. The number of aryl methyl sites for hydroxylation is 1. The average Bonchev–Trinajstić information content (AvgIpc) is 2.59. The van der Waals surface area contributed by atoms with Crippen molar-refractivity contribution >= 4 is 0 Å². The van der Waals surface area contributed by atoms with Gasteiger partial charge >= 0.3 is 0 Å². The molecule has 0 aliphatic carbocycles. The fraction of sp³-hybridized carbons (Fsp3) is 0.308. The average molecular weight is 251 g/mol. The van der Waals surface area contributed by atoms with Crippen molar-refractivity contribution in [2.75, 3.05) is 7.05 Å². The normalized spacial score (nSPS) is 10.9. The van der Waals surface area contributed by atoms with Gasteiger partial charge in [-0.05, 0) is 32.2 Å². The van der Waals surface area contributed by atoms with Gasteiger partial charge in [-0.3, -0.25) is 0 Å². The van der Waals surface area contributed by atoms with E-state index in [1.165, 1.54) is 6.07 Å². The SMILES string of the molecule is CNCc1nc(C)c(-c2ccc(F)c(F)c2)n1C. The summed E-state index contributed by atoms with van der Waals surface area (Å²) in [5, 5.41) is 3.02. The van der Waals surface area contributed by atoms with Crippen LogP contribution < -0.4 is 5.32 Å². The van der Waals surface area contributed by atoms with E-state index in [1.54, 1.807) is 6.07 Å². The molecule has 96 valence electrons. The number of nitrogens with zero attached hydrogens (tertiary/aromatic N) is 2. The second kappa shape index (κ2) is 4.86. The number of halogens is 2. The smallest absolute Gasteiger partial charge is 0.159 e. The summed E-state index contributed by atoms with van der Waals surface area (Å²) in [6.45, 7) is 2.48. The third-order valence-electron chi connectivity index (χ3n) is 2.89. The molecule has 1 N–H and O–H groups in total. The molecule has 1 heterocycles. The fourth-order valence-corrected chi connectivity index (χ4v) is 2.06. The first-order chi connectivity index (χ1) is 8.54. The molecular weight excluding hydrogens is 236 g/mol. The van der Waals surface area contributed by atoms with Gasteiger partial charge in [0, 0.05) is 12.6 Å². The van der Waals surface area contributed by atoms with Gasteiger partial charge in [-0.25, -0.2) is 13.8 Å². The zero-order valence-electron chi connectivity index (χ0n) is 10.6. The lowest BCUT2D eigenvalue weighted by molar-refractivity contribution is 0.509. The molecule has 5 heteroatoms. The van der Waals surface area contributed by atoms with Crippen molar-refractivity contribution in [2.45, 2.75) is 13.5 Å². The lowest BCUT2D eigenvalue weighted by Gasteiger charge is -2.07. The quantitative estimate of drug-likeness (QED) is 0.907. The van der Waals surface area contributed by atoms with E-state index in [0.29, 0.717) is 12.1 Å². The van der Waals surface area contributed by atoms with E-state index in [9.17, 15) is 8.78 Å². The Labute approximate surface area is 104 Å². The van der Waals surface area contributed by atoms with Crippen LogP contribution in [0, 0.1) is 18.6 Å². The molecule has 0 spiro atoms. The highest BCUT2D eigenvalue weighted by molar-refractivity contribution is 5.62. The van der Waals surface area contributed by atoms with Crippen molar-refractivity contribution in [2.24, 2.45) is 7.05 Å². The maximum Gasteiger partial charge on any atom is 0.159 e. The number of imidazole rings is 1. The van der Waals surface area contributed by atoms with Gasteiger partial charge in [0.15, 0.2) is 11.6 Å². The van der Waals surface area contributed by atoms with Crippen LogP contribution in [0.3, 0.4) is 0 Å². The van der Waals surface area contributed by atoms with Crippen LogP contribution in [0.2, 0.25) is 0 Å². The first kappa shape index (κ1) is 12.7. The number of benzene rings is 1. The van der Waals surface area contributed by atoms with Crippen molar-refractivity contribution in [3.63, 3.8) is 0 Å². The second-order valence-electron chi connectivity index (χ2n) is 4.18. The van der Waals surface area contributed by atoms with Crippen molar-refractivity contribution in [3.05, 3.63) is 41.4 Å². The predicted octanol–water partition coefficient (Wildman–Crippen LogP) is 2.39. The van der Waals surface area contributed by atoms with Gasteiger partial charge in [0.2, 0.25) is 0 Å². The van der Waals surface area contributed by atoms with Gasteiger partial charge in [-0.15, -0.1) is 0 Å². The Balaban J connectivity index is 2.53. The van der Waals surface area contributed by atoms with E-state index in [-0.39, 0.29) is 0 Å². The summed E-state index contributed by atoms with van der Waals surface area (Å²) in [4.78, 5) is 4.41. The summed E-state index contributed by atoms with van der Waals surface area (Å²) >= 11 is 0. The van der Waals surface area contributed by atoms with Crippen LogP contribution in [-0.2, 0) is 13.6 Å². The summed E-state index contributed by atoms with van der Waals surface area (Å²) in [5.41, 5.74) is 2.23. The number of hydrogen-bond acceptors (Lipinski definition) is 2. The highest BCUT2D eigenvalue weighted by Gasteiger charge is 2.14. The van der Waals surface area contributed by atoms with E-state index in [2.05, 4.69) is 10.3 Å². The number of nitrogens with one attached hydrogen (secondary N) is 1. The summed E-state index contributed by atoms with van der Waals surface area (Å²) in [7, 11) is 3.70. The molecule has 1 aromatic heterocycles. The van der Waals surface area contributed by atoms with Crippen molar-refractivity contribution in [1.82, 2.24) is 14.9 Å². The highest BCUT2D eigenvalue weighted by atomic mass is 19.2. The van der Waals surface area contributed by atoms with E-state index >= 15 is 0 Å². The van der Waals surface area contributed by atoms with Gasteiger partial charge in [0.1, 0.15) is 5.82 Å². The third-order valence-corrected chi connectivity index (χ3v) is 2.89. The molecule has 0 fully saturated rings. The number of rotatable bonds is 3. The van der Waals surface area contributed by atoms with Crippen molar-refractivity contribution in [1.29, 1.82) is 0 Å². The molecule has 2 aromatic rings. The molecule has 1 aromatic carbocycles. The monoisotopic (exact) mass is 251 g/mol. The highest BCUT2D eigenvalue weighted by Crippen LogP contribution is 2.25. The molecule has 0 unspecified atom stereocenters. The minimum absolute atomic E-state index is 0.626. The molecule has 0 aliphatic heterocycles. The van der Waals surface area contributed by atoms with Crippen LogP contribution in [0.1, 0.15) is 11.5 Å². The summed E-state index contributed by atoms with van der Waals surface area (Å²) in [6, 6.07) is 3.89. The van der Waals surface area contributed by atoms with Crippen molar-refractivity contribution in [3.8, 4) is 11.3 Å². The maximum absolute atomic E-state index is 13.3. The predicted molar refractivity (Wildman–Crippen MR) is 66.1 cm³/mol. The Hall–Kier alpha value is -1.75. The fourth-order valence-electron chi connectivity index (χ4n) is 2.06. The molecule has 0 saturated heterocycles. The number of hydrogen-bond donors (Lipinski definition) is 1. The second-order valence-corrected chi connectivity index (χ2v) is 4.18. The van der Waals surface area contributed by atoms with Gasteiger partial charge < -0.3 is 9.88 Å². The Morgan fingerprint density at radius 2 is 2.00 bits per heavy atom. The molecule has 0 aliphatic rings. The number of aromatic nitrogens is 2. The Bertz CT molecular complexity index is 576. The minimum Gasteiger partial charge on any atom is -0.330 e. The van der Waals surface area contributed by atoms with Crippen molar-refractivity contribution < 1.29 is 8.78 Å². The first-order valence-corrected chi connectivity index (χ1v) is 5.66. The van der Waals surface area contributed by atoms with Gasteiger partial charge in [0.25, 0.3) is 0 Å². The van der Waals surface area contributed by atoms with Crippen LogP contribution in [0.4, 0.5) is 8.78 Å². The van der Waals surface area contributed by atoms with E-state index in [4.69, 9.17) is 0 Å². The standard InChI is InChI=1S/C13H15F2N3/c1-8-13(18(3)12(17-8)7-16-2)9-4-5-10(14)11(15)6-9/h4-6,16H,7H2,1-3H3. The van der Waals surface area contributed by atoms with Crippen LogP contribution in [0.5, 0.6) is 0 Å². The molecule has 2 rings (SSSR count). The molecule has 0 amide bonds. The molecule has 0 atom stereocenters. The van der Waals surface area contributed by atoms with Crippen LogP contribution >= 0.6 is 0 Å². The minimum atomic E-state index is -0.844.